The molecule has 0 fully saturated rings. The van der Waals surface area contributed by atoms with Crippen molar-refractivity contribution in [2.45, 2.75) is 6.42 Å². The summed E-state index contributed by atoms with van der Waals surface area (Å²) in [5, 5.41) is 0. The Bertz CT molecular complexity index is 1040. The van der Waals surface area contributed by atoms with Crippen LogP contribution in [-0.4, -0.2) is 33.1 Å². The Morgan fingerprint density at radius 1 is 0.733 bits per heavy atom. The molecule has 0 N–H and O–H groups in total. The number of carbonyl (C=O) groups is 2. The third-order valence-corrected chi connectivity index (χ3v) is 4.51. The van der Waals surface area contributed by atoms with Gasteiger partial charge in [-0.3, -0.25) is 4.79 Å². The smallest absolute Gasteiger partial charge is 0.343 e. The quantitative estimate of drug-likeness (QED) is 0.315. The normalized spacial score (nSPS) is 10.2. The highest BCUT2D eigenvalue weighted by Crippen LogP contribution is 2.27. The highest BCUT2D eigenvalue weighted by Gasteiger charge is 2.18. The van der Waals surface area contributed by atoms with Gasteiger partial charge in [-0.1, -0.05) is 12.1 Å². The van der Waals surface area contributed by atoms with Crippen molar-refractivity contribution in [3.05, 3.63) is 83.4 Å². The van der Waals surface area contributed by atoms with E-state index in [1.54, 1.807) is 62.8 Å². The highest BCUT2D eigenvalue weighted by molar-refractivity contribution is 6.02. The Kier molecular flexibility index (Phi) is 6.70. The van der Waals surface area contributed by atoms with Gasteiger partial charge in [0.2, 0.25) is 0 Å². The Morgan fingerprint density at radius 2 is 1.37 bits per heavy atom. The molecule has 3 aromatic carbocycles. The van der Waals surface area contributed by atoms with Gasteiger partial charge in [-0.25, -0.2) is 4.79 Å². The van der Waals surface area contributed by atoms with E-state index in [9.17, 15) is 9.59 Å². The van der Waals surface area contributed by atoms with E-state index in [4.69, 9.17) is 18.9 Å². The van der Waals surface area contributed by atoms with Gasteiger partial charge < -0.3 is 18.9 Å². The average molecular weight is 406 g/mol. The van der Waals surface area contributed by atoms with Crippen LogP contribution >= 0.6 is 0 Å². The molecule has 0 aliphatic rings. The molecule has 0 spiro atoms. The molecule has 0 radical (unpaired) electrons. The number of ether oxygens (including phenoxy) is 4. The predicted octanol–water partition coefficient (Wildman–Crippen LogP) is 4.36. The number of esters is 1. The molecule has 0 aliphatic heterocycles. The maximum Gasteiger partial charge on any atom is 0.343 e. The van der Waals surface area contributed by atoms with Gasteiger partial charge >= 0.3 is 5.97 Å². The van der Waals surface area contributed by atoms with Crippen LogP contribution in [0.5, 0.6) is 23.0 Å². The van der Waals surface area contributed by atoms with Crippen LogP contribution in [-0.2, 0) is 6.42 Å². The fraction of sp³-hybridized carbons (Fsp3) is 0.167. The molecule has 0 bridgehead atoms. The molecule has 3 rings (SSSR count). The SMILES string of the molecule is COc1ccc(C(=O)Oc2ccc(OC)cc2C(=O)Cc2cccc(OC)c2)cc1. The monoisotopic (exact) mass is 406 g/mol. The van der Waals surface area contributed by atoms with E-state index in [0.717, 1.165) is 5.56 Å². The second kappa shape index (κ2) is 9.60. The van der Waals surface area contributed by atoms with Crippen molar-refractivity contribution >= 4 is 11.8 Å². The molecule has 6 heteroatoms. The maximum absolute atomic E-state index is 13.0. The fourth-order valence-electron chi connectivity index (χ4n) is 2.89. The van der Waals surface area contributed by atoms with Crippen molar-refractivity contribution in [3.8, 4) is 23.0 Å². The lowest BCUT2D eigenvalue weighted by Crippen LogP contribution is -2.13. The van der Waals surface area contributed by atoms with E-state index < -0.39 is 5.97 Å². The summed E-state index contributed by atoms with van der Waals surface area (Å²) in [5.41, 5.74) is 1.39. The van der Waals surface area contributed by atoms with Crippen LogP contribution in [0.1, 0.15) is 26.3 Å². The fourth-order valence-corrected chi connectivity index (χ4v) is 2.89. The molecular formula is C24H22O6. The molecule has 0 aliphatic carbocycles. The Morgan fingerprint density at radius 3 is 2.03 bits per heavy atom. The van der Waals surface area contributed by atoms with E-state index in [1.807, 2.05) is 18.2 Å². The van der Waals surface area contributed by atoms with Crippen molar-refractivity contribution in [1.29, 1.82) is 0 Å². The molecule has 0 unspecified atom stereocenters. The van der Waals surface area contributed by atoms with Crippen LogP contribution in [0.15, 0.2) is 66.7 Å². The van der Waals surface area contributed by atoms with Crippen molar-refractivity contribution in [3.63, 3.8) is 0 Å². The Balaban J connectivity index is 1.85. The zero-order valence-electron chi connectivity index (χ0n) is 17.0. The van der Waals surface area contributed by atoms with Crippen LogP contribution < -0.4 is 18.9 Å². The zero-order valence-corrected chi connectivity index (χ0v) is 17.0. The van der Waals surface area contributed by atoms with Crippen molar-refractivity contribution < 1.29 is 28.5 Å². The molecule has 0 heterocycles. The van der Waals surface area contributed by atoms with Crippen LogP contribution in [0, 0.1) is 0 Å². The second-order valence-electron chi connectivity index (χ2n) is 6.43. The summed E-state index contributed by atoms with van der Waals surface area (Å²) in [6, 6.07) is 18.5. The number of carbonyl (C=O) groups excluding carboxylic acids is 2. The molecule has 0 amide bonds. The van der Waals surface area contributed by atoms with Crippen molar-refractivity contribution in [1.82, 2.24) is 0 Å². The number of methoxy groups -OCH3 is 3. The largest absolute Gasteiger partial charge is 0.497 e. The summed E-state index contributed by atoms with van der Waals surface area (Å²) >= 11 is 0. The third kappa shape index (κ3) is 4.97. The molecule has 3 aromatic rings. The average Bonchev–Trinajstić information content (AvgIpc) is 2.79. The summed E-state index contributed by atoms with van der Waals surface area (Å²) in [5.74, 6) is 1.18. The van der Waals surface area contributed by atoms with E-state index >= 15 is 0 Å². The minimum atomic E-state index is -0.571. The zero-order chi connectivity index (χ0) is 21.5. The maximum atomic E-state index is 13.0. The van der Waals surface area contributed by atoms with Crippen LogP contribution in [0.3, 0.4) is 0 Å². The molecule has 30 heavy (non-hydrogen) atoms. The number of benzene rings is 3. The first kappa shape index (κ1) is 20.9. The number of ketones is 1. The van der Waals surface area contributed by atoms with Crippen molar-refractivity contribution in [2.75, 3.05) is 21.3 Å². The van der Waals surface area contributed by atoms with Gasteiger partial charge in [0.25, 0.3) is 0 Å². The number of hydrogen-bond donors (Lipinski definition) is 0. The van der Waals surface area contributed by atoms with Gasteiger partial charge in [0.05, 0.1) is 32.5 Å². The minimum absolute atomic E-state index is 0.122. The van der Waals surface area contributed by atoms with Gasteiger partial charge in [-0.2, -0.15) is 0 Å². The van der Waals surface area contributed by atoms with E-state index in [2.05, 4.69) is 0 Å². The number of rotatable bonds is 8. The van der Waals surface area contributed by atoms with Crippen molar-refractivity contribution in [2.24, 2.45) is 0 Å². The molecular weight excluding hydrogens is 384 g/mol. The number of Topliss-reactive ketones (excluding diaryl/α,β-unsaturated/α-hetero) is 1. The predicted molar refractivity (Wildman–Crippen MR) is 112 cm³/mol. The van der Waals surface area contributed by atoms with Crippen LogP contribution in [0.25, 0.3) is 0 Å². The van der Waals surface area contributed by atoms with E-state index in [1.165, 1.54) is 7.11 Å². The molecule has 0 saturated heterocycles. The van der Waals surface area contributed by atoms with E-state index in [0.29, 0.717) is 22.8 Å². The summed E-state index contributed by atoms with van der Waals surface area (Å²) in [7, 11) is 4.62. The Labute approximate surface area is 175 Å². The molecule has 154 valence electrons. The standard InChI is InChI=1S/C24H22O6/c1-27-18-9-7-17(8-10-18)24(26)30-23-12-11-20(29-3)15-21(23)22(25)14-16-5-4-6-19(13-16)28-2/h4-13,15H,14H2,1-3H3. The van der Waals surface area contributed by atoms with Gasteiger partial charge in [0.15, 0.2) is 5.78 Å². The van der Waals surface area contributed by atoms with Crippen LogP contribution in [0.4, 0.5) is 0 Å². The molecule has 0 aromatic heterocycles. The molecule has 6 nitrogen and oxygen atoms in total. The van der Waals surface area contributed by atoms with Gasteiger partial charge in [0.1, 0.15) is 23.0 Å². The molecule has 0 saturated carbocycles. The lowest BCUT2D eigenvalue weighted by molar-refractivity contribution is 0.0732. The highest BCUT2D eigenvalue weighted by atomic mass is 16.5. The summed E-state index contributed by atoms with van der Waals surface area (Å²) < 4.78 is 21.1. The first-order chi connectivity index (χ1) is 14.5. The number of hydrogen-bond acceptors (Lipinski definition) is 6. The van der Waals surface area contributed by atoms with Gasteiger partial charge in [-0.05, 0) is 60.2 Å². The topological polar surface area (TPSA) is 71.1 Å². The van der Waals surface area contributed by atoms with Gasteiger partial charge in [-0.15, -0.1) is 0 Å². The van der Waals surface area contributed by atoms with E-state index in [-0.39, 0.29) is 23.5 Å². The molecule has 0 atom stereocenters. The first-order valence-corrected chi connectivity index (χ1v) is 9.24. The summed E-state index contributed by atoms with van der Waals surface area (Å²) in [6.07, 6.45) is 0.122. The van der Waals surface area contributed by atoms with Crippen LogP contribution in [0.2, 0.25) is 0 Å². The second-order valence-corrected chi connectivity index (χ2v) is 6.43. The lowest BCUT2D eigenvalue weighted by atomic mass is 10.0. The first-order valence-electron chi connectivity index (χ1n) is 9.24. The summed E-state index contributed by atoms with van der Waals surface area (Å²) in [6.45, 7) is 0. The Hall–Kier alpha value is -3.80. The summed E-state index contributed by atoms with van der Waals surface area (Å²) in [4.78, 5) is 25.6. The minimum Gasteiger partial charge on any atom is -0.497 e. The third-order valence-electron chi connectivity index (χ3n) is 4.51. The van der Waals surface area contributed by atoms with Gasteiger partial charge in [0, 0.05) is 6.42 Å². The lowest BCUT2D eigenvalue weighted by Gasteiger charge is -2.12.